The Morgan fingerprint density at radius 1 is 0.968 bits per heavy atom. The van der Waals surface area contributed by atoms with E-state index < -0.39 is 0 Å². The Balaban J connectivity index is 1.35. The first-order chi connectivity index (χ1) is 15.1. The number of nitrogens with zero attached hydrogens (tertiary/aromatic N) is 2. The Labute approximate surface area is 188 Å². The number of carbonyl (C=O) groups excluding carboxylic acids is 1. The van der Waals surface area contributed by atoms with Gasteiger partial charge >= 0.3 is 0 Å². The predicted molar refractivity (Wildman–Crippen MR) is 120 cm³/mol. The van der Waals surface area contributed by atoms with Gasteiger partial charge < -0.3 is 19.1 Å². The van der Waals surface area contributed by atoms with Crippen LogP contribution in [0, 0.1) is 5.92 Å². The highest BCUT2D eigenvalue weighted by molar-refractivity contribution is 6.31. The third kappa shape index (κ3) is 4.46. The van der Waals surface area contributed by atoms with Crippen LogP contribution in [0.1, 0.15) is 23.5 Å². The van der Waals surface area contributed by atoms with Gasteiger partial charge in [-0.15, -0.1) is 0 Å². The van der Waals surface area contributed by atoms with E-state index in [0.29, 0.717) is 17.2 Å². The molecule has 0 spiro atoms. The van der Waals surface area contributed by atoms with Gasteiger partial charge in [0.1, 0.15) is 0 Å². The maximum absolute atomic E-state index is 13.0. The number of benzene rings is 2. The van der Waals surface area contributed by atoms with Gasteiger partial charge in [-0.3, -0.25) is 9.69 Å². The van der Waals surface area contributed by atoms with Gasteiger partial charge in [-0.1, -0.05) is 35.9 Å². The second-order valence-corrected chi connectivity index (χ2v) is 8.47. The van der Waals surface area contributed by atoms with Crippen LogP contribution in [-0.4, -0.2) is 63.2 Å². The molecule has 2 aromatic rings. The van der Waals surface area contributed by atoms with E-state index in [1.165, 1.54) is 0 Å². The van der Waals surface area contributed by atoms with E-state index >= 15 is 0 Å². The number of hydrogen-bond acceptors (Lipinski definition) is 5. The van der Waals surface area contributed by atoms with Crippen molar-refractivity contribution in [1.82, 2.24) is 9.80 Å². The fraction of sp³-hybridized carbons (Fsp3) is 0.458. The van der Waals surface area contributed by atoms with Crippen molar-refractivity contribution in [3.8, 4) is 17.2 Å². The van der Waals surface area contributed by atoms with E-state index in [1.54, 1.807) is 21.3 Å². The molecule has 0 aromatic heterocycles. The SMILES string of the molecule is COc1ccc(CN2CCN(C(=O)C3CC3c3ccccc3Cl)CC2)c(OC)c1OC. The van der Waals surface area contributed by atoms with E-state index in [1.807, 2.05) is 41.3 Å². The fourth-order valence-electron chi connectivity index (χ4n) is 4.48. The first-order valence-electron chi connectivity index (χ1n) is 10.6. The number of methoxy groups -OCH3 is 3. The summed E-state index contributed by atoms with van der Waals surface area (Å²) in [4.78, 5) is 17.3. The van der Waals surface area contributed by atoms with E-state index in [4.69, 9.17) is 25.8 Å². The van der Waals surface area contributed by atoms with Crippen molar-refractivity contribution >= 4 is 17.5 Å². The van der Waals surface area contributed by atoms with Crippen LogP contribution < -0.4 is 14.2 Å². The Morgan fingerprint density at radius 2 is 1.68 bits per heavy atom. The summed E-state index contributed by atoms with van der Waals surface area (Å²) < 4.78 is 16.5. The summed E-state index contributed by atoms with van der Waals surface area (Å²) in [6.07, 6.45) is 0.894. The molecule has 2 aromatic carbocycles. The highest BCUT2D eigenvalue weighted by Gasteiger charge is 2.46. The zero-order chi connectivity index (χ0) is 22.0. The molecule has 2 atom stereocenters. The summed E-state index contributed by atoms with van der Waals surface area (Å²) in [5.41, 5.74) is 2.14. The summed E-state index contributed by atoms with van der Waals surface area (Å²) >= 11 is 6.32. The van der Waals surface area contributed by atoms with Gasteiger partial charge in [-0.25, -0.2) is 0 Å². The standard InChI is InChI=1S/C24H29ClN2O4/c1-29-21-9-8-16(22(30-2)23(21)31-3)15-26-10-12-27(13-11-26)24(28)19-14-18(19)17-6-4-5-7-20(17)25/h4-9,18-19H,10-15H2,1-3H3. The molecule has 1 aliphatic carbocycles. The van der Waals surface area contributed by atoms with E-state index in [0.717, 1.165) is 55.3 Å². The lowest BCUT2D eigenvalue weighted by Crippen LogP contribution is -2.48. The summed E-state index contributed by atoms with van der Waals surface area (Å²) in [6.45, 7) is 3.86. The molecule has 1 aliphatic heterocycles. The van der Waals surface area contributed by atoms with Crippen LogP contribution in [0.4, 0.5) is 0 Å². The fourth-order valence-corrected chi connectivity index (χ4v) is 4.75. The van der Waals surface area contributed by atoms with Crippen LogP contribution in [0.5, 0.6) is 17.2 Å². The van der Waals surface area contributed by atoms with Crippen LogP contribution in [0.2, 0.25) is 5.02 Å². The molecule has 0 bridgehead atoms. The molecule has 2 unspecified atom stereocenters. The Bertz CT molecular complexity index is 943. The van der Waals surface area contributed by atoms with Crippen molar-refractivity contribution in [2.75, 3.05) is 47.5 Å². The molecule has 7 heteroatoms. The summed E-state index contributed by atoms with van der Waals surface area (Å²) in [5.74, 6) is 2.54. The van der Waals surface area contributed by atoms with Gasteiger partial charge in [-0.05, 0) is 30.0 Å². The van der Waals surface area contributed by atoms with Crippen LogP contribution in [0.25, 0.3) is 0 Å². The van der Waals surface area contributed by atoms with Crippen molar-refractivity contribution in [1.29, 1.82) is 0 Å². The zero-order valence-electron chi connectivity index (χ0n) is 18.3. The highest BCUT2D eigenvalue weighted by atomic mass is 35.5. The molecule has 2 aliphatic rings. The van der Waals surface area contributed by atoms with Crippen molar-refractivity contribution in [3.63, 3.8) is 0 Å². The smallest absolute Gasteiger partial charge is 0.226 e. The normalized spacial score (nSPS) is 21.0. The van der Waals surface area contributed by atoms with Crippen LogP contribution in [0.3, 0.4) is 0 Å². The van der Waals surface area contributed by atoms with Gasteiger partial charge in [-0.2, -0.15) is 0 Å². The molecule has 1 saturated carbocycles. The van der Waals surface area contributed by atoms with Crippen molar-refractivity contribution in [2.24, 2.45) is 5.92 Å². The summed E-state index contributed by atoms with van der Waals surface area (Å²) in [6, 6.07) is 11.8. The summed E-state index contributed by atoms with van der Waals surface area (Å²) in [5, 5.41) is 0.761. The summed E-state index contributed by atoms with van der Waals surface area (Å²) in [7, 11) is 4.87. The Kier molecular flexibility index (Phi) is 6.58. The second kappa shape index (κ2) is 9.37. The highest BCUT2D eigenvalue weighted by Crippen LogP contribution is 2.50. The van der Waals surface area contributed by atoms with Crippen LogP contribution in [-0.2, 0) is 11.3 Å². The minimum atomic E-state index is 0.0670. The van der Waals surface area contributed by atoms with Crippen molar-refractivity contribution in [2.45, 2.75) is 18.9 Å². The third-order valence-electron chi connectivity index (χ3n) is 6.28. The number of hydrogen-bond donors (Lipinski definition) is 0. The minimum absolute atomic E-state index is 0.0670. The molecule has 1 heterocycles. The third-order valence-corrected chi connectivity index (χ3v) is 6.62. The zero-order valence-corrected chi connectivity index (χ0v) is 19.0. The van der Waals surface area contributed by atoms with Gasteiger partial charge in [0.2, 0.25) is 11.7 Å². The topological polar surface area (TPSA) is 51.2 Å². The van der Waals surface area contributed by atoms with E-state index in [9.17, 15) is 4.79 Å². The number of ether oxygens (including phenoxy) is 3. The number of piperazine rings is 1. The maximum atomic E-state index is 13.0. The lowest BCUT2D eigenvalue weighted by Gasteiger charge is -2.35. The molecule has 1 amide bonds. The maximum Gasteiger partial charge on any atom is 0.226 e. The molecule has 31 heavy (non-hydrogen) atoms. The molecular formula is C24H29ClN2O4. The first-order valence-corrected chi connectivity index (χ1v) is 11.0. The lowest BCUT2D eigenvalue weighted by molar-refractivity contribution is -0.134. The molecule has 4 rings (SSSR count). The van der Waals surface area contributed by atoms with Gasteiger partial charge in [0.15, 0.2) is 11.5 Å². The van der Waals surface area contributed by atoms with E-state index in [-0.39, 0.29) is 17.7 Å². The number of amides is 1. The molecule has 166 valence electrons. The molecule has 0 N–H and O–H groups in total. The van der Waals surface area contributed by atoms with Gasteiger partial charge in [0, 0.05) is 49.2 Å². The Hall–Kier alpha value is -2.44. The largest absolute Gasteiger partial charge is 0.493 e. The quantitative estimate of drug-likeness (QED) is 0.650. The molecule has 1 saturated heterocycles. The lowest BCUT2D eigenvalue weighted by atomic mass is 10.1. The van der Waals surface area contributed by atoms with E-state index in [2.05, 4.69) is 4.90 Å². The molecule has 6 nitrogen and oxygen atoms in total. The number of halogens is 1. The van der Waals surface area contributed by atoms with Crippen molar-refractivity contribution in [3.05, 3.63) is 52.5 Å². The first kappa shape index (κ1) is 21.8. The Morgan fingerprint density at radius 3 is 2.32 bits per heavy atom. The van der Waals surface area contributed by atoms with Gasteiger partial charge in [0.25, 0.3) is 0 Å². The predicted octanol–water partition coefficient (Wildman–Crippen LogP) is 3.81. The van der Waals surface area contributed by atoms with Crippen molar-refractivity contribution < 1.29 is 19.0 Å². The van der Waals surface area contributed by atoms with Gasteiger partial charge in [0.05, 0.1) is 21.3 Å². The monoisotopic (exact) mass is 444 g/mol. The number of carbonyl (C=O) groups is 1. The van der Waals surface area contributed by atoms with Crippen LogP contribution in [0.15, 0.2) is 36.4 Å². The molecular weight excluding hydrogens is 416 g/mol. The van der Waals surface area contributed by atoms with Crippen LogP contribution >= 0.6 is 11.6 Å². The molecule has 2 fully saturated rings. The number of rotatable bonds is 7. The minimum Gasteiger partial charge on any atom is -0.493 e. The molecule has 0 radical (unpaired) electrons. The second-order valence-electron chi connectivity index (χ2n) is 8.07. The average Bonchev–Trinajstić information content (AvgIpc) is 3.59. The average molecular weight is 445 g/mol.